The summed E-state index contributed by atoms with van der Waals surface area (Å²) >= 11 is 1.65. The van der Waals surface area contributed by atoms with E-state index in [1.807, 2.05) is 0 Å². The average Bonchev–Trinajstić information content (AvgIpc) is 2.57. The maximum Gasteiger partial charge on any atom is 0.223 e. The summed E-state index contributed by atoms with van der Waals surface area (Å²) in [6.45, 7) is 7.40. The third kappa shape index (κ3) is 2.85. The molecule has 4 nitrogen and oxygen atoms in total. The van der Waals surface area contributed by atoms with Crippen molar-refractivity contribution in [2.75, 3.05) is 17.6 Å². The van der Waals surface area contributed by atoms with E-state index in [1.54, 1.807) is 11.3 Å². The maximum atomic E-state index is 5.71. The van der Waals surface area contributed by atoms with Gasteiger partial charge in [-0.15, -0.1) is 11.3 Å². The molecule has 2 rings (SSSR count). The van der Waals surface area contributed by atoms with E-state index in [4.69, 9.17) is 5.73 Å². The van der Waals surface area contributed by atoms with Crippen LogP contribution in [0.1, 0.15) is 25.1 Å². The molecule has 0 radical (unpaired) electrons. The first-order valence-corrected chi connectivity index (χ1v) is 6.65. The molecule has 0 bridgehead atoms. The molecule has 0 amide bonds. The van der Waals surface area contributed by atoms with Crippen molar-refractivity contribution < 1.29 is 0 Å². The van der Waals surface area contributed by atoms with E-state index in [1.165, 1.54) is 4.88 Å². The third-order valence-electron chi connectivity index (χ3n) is 2.55. The van der Waals surface area contributed by atoms with Crippen LogP contribution in [0.3, 0.4) is 0 Å². The fraction of sp³-hybridized carbons (Fsp3) is 0.500. The summed E-state index contributed by atoms with van der Waals surface area (Å²) in [5.74, 6) is 1.88. The van der Waals surface area contributed by atoms with Crippen LogP contribution < -0.4 is 11.1 Å². The number of fused-ring (bicyclic) bond motifs is 1. The number of nitrogens with two attached hydrogens (primary N) is 1. The summed E-state index contributed by atoms with van der Waals surface area (Å²) in [4.78, 5) is 10.7. The molecule has 0 fully saturated rings. The summed E-state index contributed by atoms with van der Waals surface area (Å²) in [6, 6.07) is 2.11. The zero-order chi connectivity index (χ0) is 12.4. The first kappa shape index (κ1) is 12.1. The van der Waals surface area contributed by atoms with E-state index in [0.29, 0.717) is 11.9 Å². The summed E-state index contributed by atoms with van der Waals surface area (Å²) in [7, 11) is 0. The first-order valence-electron chi connectivity index (χ1n) is 5.84. The largest absolute Gasteiger partial charge is 0.369 e. The fourth-order valence-electron chi connectivity index (χ4n) is 1.67. The van der Waals surface area contributed by atoms with E-state index < -0.39 is 0 Å². The van der Waals surface area contributed by atoms with Crippen LogP contribution in [-0.4, -0.2) is 16.5 Å². The molecule has 3 N–H and O–H groups in total. The van der Waals surface area contributed by atoms with Crippen molar-refractivity contribution in [3.8, 4) is 0 Å². The van der Waals surface area contributed by atoms with Crippen LogP contribution in [0, 0.1) is 12.8 Å². The molecule has 17 heavy (non-hydrogen) atoms. The molecule has 0 unspecified atom stereocenters. The Morgan fingerprint density at radius 1 is 1.41 bits per heavy atom. The molecule has 0 aliphatic heterocycles. The Bertz CT molecular complexity index is 518. The summed E-state index contributed by atoms with van der Waals surface area (Å²) in [6.07, 6.45) is 1.12. The minimum Gasteiger partial charge on any atom is -0.369 e. The highest BCUT2D eigenvalue weighted by Gasteiger charge is 2.08. The van der Waals surface area contributed by atoms with Gasteiger partial charge in [-0.2, -0.15) is 4.98 Å². The molecule has 0 aliphatic carbocycles. The van der Waals surface area contributed by atoms with E-state index in [2.05, 4.69) is 42.1 Å². The molecule has 5 heteroatoms. The summed E-state index contributed by atoms with van der Waals surface area (Å²) < 4.78 is 0. The van der Waals surface area contributed by atoms with E-state index in [9.17, 15) is 0 Å². The lowest BCUT2D eigenvalue weighted by molar-refractivity contribution is 0.607. The molecular weight excluding hydrogens is 232 g/mol. The highest BCUT2D eigenvalue weighted by molar-refractivity contribution is 7.18. The van der Waals surface area contributed by atoms with Gasteiger partial charge in [0.1, 0.15) is 10.6 Å². The Labute approximate surface area is 105 Å². The number of nitrogen functional groups attached to an aromatic ring is 1. The van der Waals surface area contributed by atoms with Crippen molar-refractivity contribution in [1.29, 1.82) is 0 Å². The van der Waals surface area contributed by atoms with Crippen molar-refractivity contribution in [3.63, 3.8) is 0 Å². The number of aromatic nitrogens is 2. The van der Waals surface area contributed by atoms with Gasteiger partial charge < -0.3 is 11.1 Å². The number of thiophene rings is 1. The van der Waals surface area contributed by atoms with Crippen molar-refractivity contribution in [2.45, 2.75) is 27.2 Å². The van der Waals surface area contributed by atoms with Gasteiger partial charge in [0.2, 0.25) is 5.95 Å². The second-order valence-corrected chi connectivity index (χ2v) is 5.85. The minimum atomic E-state index is 0.339. The van der Waals surface area contributed by atoms with Crippen LogP contribution in [0.4, 0.5) is 11.8 Å². The Kier molecular flexibility index (Phi) is 3.47. The highest BCUT2D eigenvalue weighted by atomic mass is 32.1. The van der Waals surface area contributed by atoms with Crippen LogP contribution >= 0.6 is 11.3 Å². The van der Waals surface area contributed by atoms with Gasteiger partial charge in [-0.05, 0) is 25.3 Å². The predicted octanol–water partition coefficient (Wildman–Crippen LogP) is 3.04. The van der Waals surface area contributed by atoms with Gasteiger partial charge in [0, 0.05) is 11.4 Å². The Hall–Kier alpha value is -1.36. The zero-order valence-corrected chi connectivity index (χ0v) is 11.3. The smallest absolute Gasteiger partial charge is 0.223 e. The number of hydrogen-bond acceptors (Lipinski definition) is 5. The number of nitrogens with one attached hydrogen (secondary N) is 1. The predicted molar refractivity (Wildman–Crippen MR) is 74.5 cm³/mol. The standard InChI is InChI=1S/C12H18N4S/c1-7(2)4-5-14-10-9-6-8(3)17-11(9)16-12(13)15-10/h6-7H,4-5H2,1-3H3,(H3,13,14,15,16). The van der Waals surface area contributed by atoms with Crippen LogP contribution in [-0.2, 0) is 0 Å². The van der Waals surface area contributed by atoms with Crippen LogP contribution in [0.2, 0.25) is 0 Å². The Morgan fingerprint density at radius 3 is 2.88 bits per heavy atom. The first-order chi connectivity index (χ1) is 8.06. The van der Waals surface area contributed by atoms with Crippen molar-refractivity contribution in [3.05, 3.63) is 10.9 Å². The van der Waals surface area contributed by atoms with Crippen LogP contribution in [0.15, 0.2) is 6.07 Å². The lowest BCUT2D eigenvalue weighted by Gasteiger charge is -2.08. The molecule has 0 saturated heterocycles. The number of nitrogens with zero attached hydrogens (tertiary/aromatic N) is 2. The number of aryl methyl sites for hydroxylation is 1. The van der Waals surface area contributed by atoms with Gasteiger partial charge in [-0.3, -0.25) is 0 Å². The number of anilines is 2. The Balaban J connectivity index is 2.25. The minimum absolute atomic E-state index is 0.339. The number of hydrogen-bond donors (Lipinski definition) is 2. The molecule has 2 heterocycles. The fourth-order valence-corrected chi connectivity index (χ4v) is 2.56. The molecule has 0 atom stereocenters. The van der Waals surface area contributed by atoms with Gasteiger partial charge >= 0.3 is 0 Å². The average molecular weight is 250 g/mol. The van der Waals surface area contributed by atoms with Crippen molar-refractivity contribution >= 4 is 33.3 Å². The molecule has 2 aromatic rings. The summed E-state index contributed by atoms with van der Waals surface area (Å²) in [5, 5.41) is 4.42. The number of rotatable bonds is 4. The second-order valence-electron chi connectivity index (χ2n) is 4.62. The van der Waals surface area contributed by atoms with Gasteiger partial charge in [-0.25, -0.2) is 4.98 Å². The molecule has 92 valence electrons. The van der Waals surface area contributed by atoms with E-state index in [-0.39, 0.29) is 0 Å². The van der Waals surface area contributed by atoms with Gasteiger partial charge in [0.05, 0.1) is 5.39 Å². The highest BCUT2D eigenvalue weighted by Crippen LogP contribution is 2.28. The SMILES string of the molecule is Cc1cc2c(NCCC(C)C)nc(N)nc2s1. The van der Waals surface area contributed by atoms with Crippen LogP contribution in [0.5, 0.6) is 0 Å². The van der Waals surface area contributed by atoms with Crippen molar-refractivity contribution in [2.24, 2.45) is 5.92 Å². The lowest BCUT2D eigenvalue weighted by Crippen LogP contribution is -2.08. The maximum absolute atomic E-state index is 5.71. The van der Waals surface area contributed by atoms with Gasteiger partial charge in [-0.1, -0.05) is 13.8 Å². The van der Waals surface area contributed by atoms with Crippen molar-refractivity contribution in [1.82, 2.24) is 9.97 Å². The van der Waals surface area contributed by atoms with Gasteiger partial charge in [0.15, 0.2) is 0 Å². The third-order valence-corrected chi connectivity index (χ3v) is 3.49. The monoisotopic (exact) mass is 250 g/mol. The quantitative estimate of drug-likeness (QED) is 0.875. The van der Waals surface area contributed by atoms with E-state index in [0.717, 1.165) is 29.0 Å². The molecule has 0 spiro atoms. The van der Waals surface area contributed by atoms with E-state index >= 15 is 0 Å². The lowest BCUT2D eigenvalue weighted by atomic mass is 10.1. The molecular formula is C12H18N4S. The van der Waals surface area contributed by atoms with Crippen LogP contribution in [0.25, 0.3) is 10.2 Å². The zero-order valence-electron chi connectivity index (χ0n) is 10.4. The molecule has 2 aromatic heterocycles. The topological polar surface area (TPSA) is 63.8 Å². The molecule has 0 aromatic carbocycles. The molecule has 0 saturated carbocycles. The summed E-state index contributed by atoms with van der Waals surface area (Å²) in [5.41, 5.74) is 5.71. The molecule has 0 aliphatic rings. The Morgan fingerprint density at radius 2 is 2.18 bits per heavy atom. The van der Waals surface area contributed by atoms with Gasteiger partial charge in [0.25, 0.3) is 0 Å². The second kappa shape index (κ2) is 4.87. The normalized spacial score (nSPS) is 11.3.